The summed E-state index contributed by atoms with van der Waals surface area (Å²) in [6.45, 7) is -0.425. The molecule has 150 valence electrons. The summed E-state index contributed by atoms with van der Waals surface area (Å²) < 4.78 is 14.3. The molecule has 1 aromatic carbocycles. The molecular weight excluding hydrogens is 494 g/mol. The lowest BCUT2D eigenvalue weighted by atomic mass is 9.69. The molecule has 3 rings (SSSR count). The van der Waals surface area contributed by atoms with Crippen LogP contribution in [0.5, 0.6) is 0 Å². The minimum atomic E-state index is -1.69. The third kappa shape index (κ3) is 3.70. The predicted octanol–water partition coefficient (Wildman–Crippen LogP) is 4.09. The van der Waals surface area contributed by atoms with Gasteiger partial charge in [0.2, 0.25) is 0 Å². The van der Waals surface area contributed by atoms with E-state index in [9.17, 15) is 19.4 Å². The predicted molar refractivity (Wildman–Crippen MR) is 109 cm³/mol. The Hall–Kier alpha value is -0.770. The topological polar surface area (TPSA) is 83.3 Å². The van der Waals surface area contributed by atoms with Crippen molar-refractivity contribution in [2.45, 2.75) is 36.6 Å². The van der Waals surface area contributed by atoms with Crippen LogP contribution in [0, 0.1) is 11.7 Å². The molecule has 2 N–H and O–H groups in total. The van der Waals surface area contributed by atoms with Crippen molar-refractivity contribution in [3.8, 4) is 0 Å². The number of aliphatic hydroxyl groups is 2. The molecule has 0 saturated carbocycles. The van der Waals surface area contributed by atoms with Gasteiger partial charge >= 0.3 is 0 Å². The average molecular weight is 510 g/mol. The van der Waals surface area contributed by atoms with E-state index in [4.69, 9.17) is 23.2 Å². The summed E-state index contributed by atoms with van der Waals surface area (Å²) in [5.41, 5.74) is -0.272. The molecule has 5 nitrogen and oxygen atoms in total. The van der Waals surface area contributed by atoms with Crippen molar-refractivity contribution in [3.63, 3.8) is 0 Å². The molecule has 1 heterocycles. The van der Waals surface area contributed by atoms with Gasteiger partial charge in [0.15, 0.2) is 11.0 Å². The number of fused-ring (bicyclic) bond motifs is 1. The van der Waals surface area contributed by atoms with Gasteiger partial charge in [-0.25, -0.2) is 14.4 Å². The number of carbonyl (C=O) groups is 1. The summed E-state index contributed by atoms with van der Waals surface area (Å²) in [5, 5.41) is 21.7. The van der Waals surface area contributed by atoms with E-state index in [0.29, 0.717) is 41.1 Å². The molecule has 1 aromatic heterocycles. The Morgan fingerprint density at radius 1 is 1.46 bits per heavy atom. The number of nitrogens with zero attached hydrogens (tertiary/aromatic N) is 2. The zero-order valence-electron chi connectivity index (χ0n) is 14.7. The molecule has 1 aliphatic rings. The second-order valence-corrected chi connectivity index (χ2v) is 8.84. The van der Waals surface area contributed by atoms with E-state index in [-0.39, 0.29) is 26.6 Å². The van der Waals surface area contributed by atoms with Crippen LogP contribution in [0.15, 0.2) is 15.7 Å². The smallest absolute Gasteiger partial charge is 0.188 e. The maximum absolute atomic E-state index is 14.2. The van der Waals surface area contributed by atoms with Gasteiger partial charge < -0.3 is 15.0 Å². The fourth-order valence-electron chi connectivity index (χ4n) is 3.54. The van der Waals surface area contributed by atoms with E-state index in [2.05, 4.69) is 25.9 Å². The average Bonchev–Trinajstić information content (AvgIpc) is 2.66. The summed E-state index contributed by atoms with van der Waals surface area (Å²) >= 11 is 16.7. The molecule has 0 amide bonds. The lowest BCUT2D eigenvalue weighted by Gasteiger charge is -2.40. The van der Waals surface area contributed by atoms with E-state index >= 15 is 0 Å². The van der Waals surface area contributed by atoms with Crippen LogP contribution in [-0.2, 0) is 29.8 Å². The van der Waals surface area contributed by atoms with Crippen molar-refractivity contribution in [3.05, 3.63) is 48.9 Å². The van der Waals surface area contributed by atoms with Crippen molar-refractivity contribution < 1.29 is 19.4 Å². The third-order valence-corrected chi connectivity index (χ3v) is 6.84. The molecule has 2 unspecified atom stereocenters. The quantitative estimate of drug-likeness (QED) is 0.208. The Kier molecular flexibility index (Phi) is 6.68. The van der Waals surface area contributed by atoms with E-state index in [1.165, 1.54) is 17.8 Å². The van der Waals surface area contributed by atoms with Crippen molar-refractivity contribution >= 4 is 57.2 Å². The highest BCUT2D eigenvalue weighted by Gasteiger charge is 2.45. The van der Waals surface area contributed by atoms with E-state index in [1.54, 1.807) is 6.26 Å². The highest BCUT2D eigenvalue weighted by Crippen LogP contribution is 2.46. The van der Waals surface area contributed by atoms with Crippen LogP contribution in [-0.4, -0.2) is 32.7 Å². The lowest BCUT2D eigenvalue weighted by Crippen LogP contribution is -2.43. The number of aromatic nitrogens is 2. The van der Waals surface area contributed by atoms with Crippen molar-refractivity contribution in [1.82, 2.24) is 9.97 Å². The number of carbonyl (C=O) groups excluding carboxylic acids is 1. The summed E-state index contributed by atoms with van der Waals surface area (Å²) in [4.78, 5) is 20.2. The van der Waals surface area contributed by atoms with Gasteiger partial charge in [0.1, 0.15) is 17.0 Å². The standard InChI is InChI=1S/C18H16BrCl2FN2O3S/c1-28-17-23-13(10(7-26)16(21)24-17)5-18(27)8(6-25)2-3-9-11(18)4-12(19)15(22)14(9)20/h4,6,8,26-27H,2-3,5,7H2,1H3. The highest BCUT2D eigenvalue weighted by atomic mass is 79.9. The number of aliphatic hydroxyl groups excluding tert-OH is 1. The fourth-order valence-corrected chi connectivity index (χ4v) is 5.06. The van der Waals surface area contributed by atoms with Crippen molar-refractivity contribution in [2.75, 3.05) is 6.26 Å². The van der Waals surface area contributed by atoms with Crippen LogP contribution >= 0.6 is 50.9 Å². The minimum absolute atomic E-state index is 0.0810. The van der Waals surface area contributed by atoms with Crippen LogP contribution in [0.4, 0.5) is 4.39 Å². The number of hydrogen-bond acceptors (Lipinski definition) is 6. The molecule has 0 spiro atoms. The highest BCUT2D eigenvalue weighted by molar-refractivity contribution is 9.10. The first-order valence-corrected chi connectivity index (χ1v) is 11.1. The number of hydrogen-bond donors (Lipinski definition) is 2. The fraction of sp³-hybridized carbons (Fsp3) is 0.389. The summed E-state index contributed by atoms with van der Waals surface area (Å²) in [5.74, 6) is -1.37. The largest absolute Gasteiger partial charge is 0.391 e. The molecule has 1 aliphatic carbocycles. The molecular formula is C18H16BrCl2FN2O3S. The molecule has 0 saturated heterocycles. The van der Waals surface area contributed by atoms with Gasteiger partial charge in [-0.1, -0.05) is 35.0 Å². The monoisotopic (exact) mass is 508 g/mol. The van der Waals surface area contributed by atoms with E-state index < -0.39 is 23.9 Å². The number of halogens is 4. The van der Waals surface area contributed by atoms with Gasteiger partial charge in [-0.05, 0) is 52.2 Å². The Labute approximate surface area is 183 Å². The molecule has 10 heteroatoms. The van der Waals surface area contributed by atoms with Gasteiger partial charge in [0.05, 0.1) is 21.8 Å². The van der Waals surface area contributed by atoms with Crippen LogP contribution in [0.25, 0.3) is 0 Å². The van der Waals surface area contributed by atoms with E-state index in [0.717, 1.165) is 0 Å². The molecule has 2 atom stereocenters. The van der Waals surface area contributed by atoms with Gasteiger partial charge in [-0.15, -0.1) is 0 Å². The molecule has 2 aromatic rings. The normalized spacial score (nSPS) is 21.5. The van der Waals surface area contributed by atoms with Crippen LogP contribution < -0.4 is 0 Å². The molecule has 0 aliphatic heterocycles. The number of benzene rings is 1. The Bertz CT molecular complexity index is 950. The van der Waals surface area contributed by atoms with Gasteiger partial charge in [-0.3, -0.25) is 0 Å². The van der Waals surface area contributed by atoms with Gasteiger partial charge in [-0.2, -0.15) is 0 Å². The van der Waals surface area contributed by atoms with Crippen LogP contribution in [0.1, 0.15) is 28.8 Å². The van der Waals surface area contributed by atoms with Crippen molar-refractivity contribution in [2.24, 2.45) is 5.92 Å². The first-order chi connectivity index (χ1) is 13.3. The summed E-state index contributed by atoms with van der Waals surface area (Å²) in [6.07, 6.45) is 3.01. The Morgan fingerprint density at radius 3 is 2.79 bits per heavy atom. The maximum Gasteiger partial charge on any atom is 0.188 e. The van der Waals surface area contributed by atoms with Crippen LogP contribution in [0.3, 0.4) is 0 Å². The van der Waals surface area contributed by atoms with Gasteiger partial charge in [0.25, 0.3) is 0 Å². The Morgan fingerprint density at radius 2 is 2.18 bits per heavy atom. The Balaban J connectivity index is 2.21. The second kappa shape index (κ2) is 8.53. The number of thioether (sulfide) groups is 1. The zero-order chi connectivity index (χ0) is 20.6. The zero-order valence-corrected chi connectivity index (χ0v) is 18.6. The molecule has 0 bridgehead atoms. The molecule has 0 radical (unpaired) electrons. The number of aldehydes is 1. The van der Waals surface area contributed by atoms with Gasteiger partial charge in [0, 0.05) is 17.9 Å². The van der Waals surface area contributed by atoms with E-state index in [1.807, 2.05) is 0 Å². The van der Waals surface area contributed by atoms with Crippen LogP contribution in [0.2, 0.25) is 10.2 Å². The molecule has 28 heavy (non-hydrogen) atoms. The third-order valence-electron chi connectivity index (χ3n) is 5.01. The SMILES string of the molecule is CSc1nc(Cl)c(CO)c(CC2(O)c3cc(Br)c(F)c(Cl)c3CCC2C=O)n1. The summed E-state index contributed by atoms with van der Waals surface area (Å²) in [6, 6.07) is 1.45. The first-order valence-electron chi connectivity index (χ1n) is 8.31. The molecule has 0 fully saturated rings. The maximum atomic E-state index is 14.2. The number of rotatable bonds is 5. The minimum Gasteiger partial charge on any atom is -0.391 e. The summed E-state index contributed by atoms with van der Waals surface area (Å²) in [7, 11) is 0. The van der Waals surface area contributed by atoms with Crippen molar-refractivity contribution in [1.29, 1.82) is 0 Å². The lowest BCUT2D eigenvalue weighted by molar-refractivity contribution is -0.122. The second-order valence-electron chi connectivity index (χ2n) is 6.48. The first kappa shape index (κ1) is 21.9.